The average Bonchev–Trinajstić information content (AvgIpc) is 3.16. The molecule has 0 aromatic carbocycles. The molecule has 5 unspecified atom stereocenters. The van der Waals surface area contributed by atoms with Crippen LogP contribution in [-0.4, -0.2) is 46.9 Å². The topological polar surface area (TPSA) is 241 Å². The van der Waals surface area contributed by atoms with Crippen LogP contribution in [0.15, 0.2) is 12.7 Å². The molecular weight excluding hydrogens is 482 g/mol. The van der Waals surface area contributed by atoms with Gasteiger partial charge in [-0.2, -0.15) is 4.31 Å². The van der Waals surface area contributed by atoms with Crippen molar-refractivity contribution in [3.8, 4) is 0 Å². The van der Waals surface area contributed by atoms with E-state index in [0.717, 1.165) is 0 Å². The Hall–Kier alpha value is -0.280. The molecule has 5 N–H and O–H groups in total. The van der Waals surface area contributed by atoms with Gasteiger partial charge in [-0.05, 0) is 12.8 Å². The smallest absolute Gasteiger partial charge is 0.756 e. The molecule has 20 heteroatoms. The Balaban J connectivity index is 0.00000320. The molecule has 2 aromatic heterocycles. The van der Waals surface area contributed by atoms with Crippen LogP contribution in [0, 0.1) is 0 Å². The summed E-state index contributed by atoms with van der Waals surface area (Å²) in [6.45, 7) is -0.539. The molecule has 162 valence electrons. The van der Waals surface area contributed by atoms with E-state index in [0.29, 0.717) is 24.0 Å². The summed E-state index contributed by atoms with van der Waals surface area (Å²) in [5, 5.41) is 0. The van der Waals surface area contributed by atoms with Gasteiger partial charge in [0.1, 0.15) is 18.1 Å². The molecule has 0 saturated carbocycles. The Labute approximate surface area is 190 Å². The molecule has 0 bridgehead atoms. The molecule has 5 atom stereocenters. The number of nitrogens with zero attached hydrogens (tertiary/aromatic N) is 4. The summed E-state index contributed by atoms with van der Waals surface area (Å²) in [7, 11) is -16.5. The first kappa shape index (κ1) is 26.0. The number of aromatic nitrogens is 4. The molecule has 0 spiro atoms. The second-order valence-electron chi connectivity index (χ2n) is 5.74. The fourth-order valence-corrected chi connectivity index (χ4v) is 5.59. The Morgan fingerprint density at radius 2 is 1.87 bits per heavy atom. The van der Waals surface area contributed by atoms with Crippen molar-refractivity contribution in [2.24, 2.45) is 0 Å². The third kappa shape index (κ3) is 6.86. The first-order chi connectivity index (χ1) is 13.4. The van der Waals surface area contributed by atoms with Crippen molar-refractivity contribution in [2.45, 2.75) is 25.2 Å². The normalized spacial score (nSPS) is 25.2. The molecule has 0 aliphatic carbocycles. The van der Waals surface area contributed by atoms with Gasteiger partial charge < -0.3 is 30.0 Å². The number of rotatable bonds is 8. The summed E-state index contributed by atoms with van der Waals surface area (Å²) in [4.78, 5) is 49.3. The number of nitrogen functional groups attached to an aromatic ring is 1. The van der Waals surface area contributed by atoms with E-state index in [-0.39, 0.29) is 35.4 Å². The van der Waals surface area contributed by atoms with Crippen molar-refractivity contribution in [2.75, 3.05) is 12.3 Å². The zero-order valence-electron chi connectivity index (χ0n) is 15.2. The van der Waals surface area contributed by atoms with Crippen LogP contribution < -0.4 is 40.2 Å². The van der Waals surface area contributed by atoms with Gasteiger partial charge in [0.25, 0.3) is 7.82 Å². The fourth-order valence-electron chi connectivity index (χ4n) is 2.57. The van der Waals surface area contributed by atoms with Crippen molar-refractivity contribution in [1.82, 2.24) is 19.5 Å². The van der Waals surface area contributed by atoms with Crippen molar-refractivity contribution >= 4 is 40.4 Å². The number of hydrogen-bond donors (Lipinski definition) is 4. The van der Waals surface area contributed by atoms with Gasteiger partial charge in [-0.3, -0.25) is 13.7 Å². The number of phosphoric ester groups is 1. The van der Waals surface area contributed by atoms with E-state index in [1.807, 2.05) is 0 Å². The predicted octanol–water partition coefficient (Wildman–Crippen LogP) is -3.20. The number of anilines is 1. The summed E-state index contributed by atoms with van der Waals surface area (Å²) in [6.07, 6.45) is 2.25. The molecule has 30 heavy (non-hydrogen) atoms. The van der Waals surface area contributed by atoms with Crippen LogP contribution in [0.25, 0.3) is 11.2 Å². The molecule has 0 radical (unpaired) electrons. The van der Waals surface area contributed by atoms with Crippen LogP contribution in [0.2, 0.25) is 0 Å². The molecule has 0 amide bonds. The molecule has 1 aliphatic heterocycles. The number of nitrogens with two attached hydrogens (primary N) is 1. The molecular formula is C10H15N5NaO11P3. The molecule has 1 saturated heterocycles. The number of phosphoric acid groups is 3. The van der Waals surface area contributed by atoms with Crippen molar-refractivity contribution < 1.29 is 80.7 Å². The quantitative estimate of drug-likeness (QED) is 0.207. The van der Waals surface area contributed by atoms with Crippen LogP contribution >= 0.6 is 23.5 Å². The maximum atomic E-state index is 11.7. The van der Waals surface area contributed by atoms with E-state index in [9.17, 15) is 23.5 Å². The van der Waals surface area contributed by atoms with Crippen LogP contribution in [0.5, 0.6) is 0 Å². The number of imidazole rings is 1. The van der Waals surface area contributed by atoms with Crippen molar-refractivity contribution in [1.29, 1.82) is 0 Å². The Morgan fingerprint density at radius 1 is 1.17 bits per heavy atom. The zero-order chi connectivity index (χ0) is 21.4. The third-order valence-electron chi connectivity index (χ3n) is 3.62. The maximum absolute atomic E-state index is 11.7. The summed E-state index contributed by atoms with van der Waals surface area (Å²) >= 11 is 0. The van der Waals surface area contributed by atoms with E-state index >= 15 is 0 Å². The van der Waals surface area contributed by atoms with E-state index in [4.69, 9.17) is 20.3 Å². The molecule has 1 fully saturated rings. The molecule has 2 aromatic rings. The van der Waals surface area contributed by atoms with E-state index in [1.165, 1.54) is 12.7 Å². The van der Waals surface area contributed by atoms with Crippen molar-refractivity contribution in [3.63, 3.8) is 0 Å². The standard InChI is InChI=1S/C10H16N5O11P3.Na/c11-9-8-10(13-4-12-9)15(5-14-8)7-2-1-6(24-7)3-23-28(19,20)26-29(21,22)25-27(16,17)18;/h4-7H,1-3H2,(H,19,20)(H,21,22)(H2,11,12,13)(H2,16,17,18);/q;+1/p-1. The second kappa shape index (κ2) is 9.69. The third-order valence-corrected chi connectivity index (χ3v) is 7.40. The van der Waals surface area contributed by atoms with Gasteiger partial charge in [0, 0.05) is 0 Å². The minimum Gasteiger partial charge on any atom is -0.756 e. The first-order valence-electron chi connectivity index (χ1n) is 7.70. The zero-order valence-corrected chi connectivity index (χ0v) is 19.9. The van der Waals surface area contributed by atoms with Crippen LogP contribution in [0.1, 0.15) is 19.1 Å². The van der Waals surface area contributed by atoms with E-state index < -0.39 is 42.4 Å². The monoisotopic (exact) mass is 497 g/mol. The predicted molar refractivity (Wildman–Crippen MR) is 90.5 cm³/mol. The summed E-state index contributed by atoms with van der Waals surface area (Å²) in [6, 6.07) is 0. The number of fused-ring (bicyclic) bond motifs is 1. The minimum absolute atomic E-state index is 0. The van der Waals surface area contributed by atoms with Gasteiger partial charge in [-0.1, -0.05) is 0 Å². The second-order valence-corrected chi connectivity index (χ2v) is 10.1. The molecule has 16 nitrogen and oxygen atoms in total. The molecule has 1 aliphatic rings. The van der Waals surface area contributed by atoms with E-state index in [1.54, 1.807) is 4.57 Å². The SMILES string of the molecule is Nc1ncnc2c1ncn2C1CCC(COP(=O)(O)OP(=O)(O)OP(=O)([O-])O)O1.[Na+]. The van der Waals surface area contributed by atoms with Gasteiger partial charge in [0.2, 0.25) is 0 Å². The molecule has 3 rings (SSSR count). The van der Waals surface area contributed by atoms with Crippen LogP contribution in [0.3, 0.4) is 0 Å². The van der Waals surface area contributed by atoms with Gasteiger partial charge in [-0.25, -0.2) is 28.4 Å². The largest absolute Gasteiger partial charge is 1.00 e. The number of ether oxygens (including phenoxy) is 1. The molecule has 3 heterocycles. The van der Waals surface area contributed by atoms with Crippen LogP contribution in [-0.2, 0) is 31.6 Å². The summed E-state index contributed by atoms with van der Waals surface area (Å²) in [5.41, 5.74) is 6.51. The van der Waals surface area contributed by atoms with Gasteiger partial charge in [-0.15, -0.1) is 0 Å². The Bertz CT molecular complexity index is 1050. The van der Waals surface area contributed by atoms with Crippen LogP contribution in [0.4, 0.5) is 5.82 Å². The van der Waals surface area contributed by atoms with E-state index in [2.05, 4.69) is 28.1 Å². The van der Waals surface area contributed by atoms with Gasteiger partial charge in [0.15, 0.2) is 11.5 Å². The summed E-state index contributed by atoms with van der Waals surface area (Å²) < 4.78 is 52.4. The summed E-state index contributed by atoms with van der Waals surface area (Å²) in [5.74, 6) is 0.186. The van der Waals surface area contributed by atoms with Gasteiger partial charge in [0.05, 0.1) is 19.0 Å². The average molecular weight is 497 g/mol. The van der Waals surface area contributed by atoms with Gasteiger partial charge >= 0.3 is 45.2 Å². The first-order valence-corrected chi connectivity index (χ1v) is 12.2. The minimum atomic E-state index is -5.70. The Morgan fingerprint density at radius 3 is 2.53 bits per heavy atom. The number of hydrogen-bond acceptors (Lipinski definition) is 12. The van der Waals surface area contributed by atoms with Crippen molar-refractivity contribution in [3.05, 3.63) is 12.7 Å². The Kier molecular flexibility index (Phi) is 8.39. The maximum Gasteiger partial charge on any atom is 1.00 e. The fraction of sp³-hybridized carbons (Fsp3) is 0.500.